The van der Waals surface area contributed by atoms with Crippen molar-refractivity contribution in [3.63, 3.8) is 0 Å². The lowest BCUT2D eigenvalue weighted by atomic mass is 9.70. The van der Waals surface area contributed by atoms with E-state index in [-0.39, 0.29) is 17.4 Å². The number of aromatic nitrogens is 3. The fourth-order valence-electron chi connectivity index (χ4n) is 6.86. The van der Waals surface area contributed by atoms with Crippen LogP contribution in [0.4, 0.5) is 5.82 Å². The smallest absolute Gasteiger partial charge is 0.150 e. The quantitative estimate of drug-likeness (QED) is 0.415. The van der Waals surface area contributed by atoms with Gasteiger partial charge in [0.05, 0.1) is 17.3 Å². The Balaban J connectivity index is 1.31. The molecule has 4 N–H and O–H groups in total. The topological polar surface area (TPSA) is 91.7 Å². The van der Waals surface area contributed by atoms with Gasteiger partial charge in [0.1, 0.15) is 17.2 Å². The van der Waals surface area contributed by atoms with Crippen molar-refractivity contribution < 1.29 is 5.11 Å². The molecule has 210 valence electrons. The van der Waals surface area contributed by atoms with E-state index in [0.29, 0.717) is 5.82 Å². The molecule has 6 rings (SSSR count). The van der Waals surface area contributed by atoms with E-state index in [9.17, 15) is 5.11 Å². The second kappa shape index (κ2) is 10.2. The van der Waals surface area contributed by atoms with Gasteiger partial charge in [0.2, 0.25) is 0 Å². The molecule has 0 bridgehead atoms. The van der Waals surface area contributed by atoms with Gasteiger partial charge in [-0.3, -0.25) is 4.40 Å². The first kappa shape index (κ1) is 26.8. The summed E-state index contributed by atoms with van der Waals surface area (Å²) < 4.78 is 2.10. The van der Waals surface area contributed by atoms with Crippen molar-refractivity contribution in [2.24, 2.45) is 5.41 Å². The van der Waals surface area contributed by atoms with E-state index in [1.807, 2.05) is 19.2 Å². The largest absolute Gasteiger partial charge is 0.389 e. The average molecular weight is 539 g/mol. The van der Waals surface area contributed by atoms with Gasteiger partial charge in [-0.25, -0.2) is 9.97 Å². The summed E-state index contributed by atoms with van der Waals surface area (Å²) in [6.07, 6.45) is 23.8. The molecular formula is C33H42N6O. The summed E-state index contributed by atoms with van der Waals surface area (Å²) in [5.41, 5.74) is 11.8. The zero-order valence-corrected chi connectivity index (χ0v) is 24.0. The van der Waals surface area contributed by atoms with Crippen LogP contribution < -0.4 is 11.1 Å². The van der Waals surface area contributed by atoms with Gasteiger partial charge in [0.15, 0.2) is 0 Å². The van der Waals surface area contributed by atoms with Crippen LogP contribution in [0.1, 0.15) is 70.3 Å². The molecule has 2 aliphatic carbocycles. The number of nitrogens with two attached hydrogens (primary N) is 1. The molecule has 1 saturated carbocycles. The van der Waals surface area contributed by atoms with Gasteiger partial charge < -0.3 is 21.1 Å². The Bertz CT molecular complexity index is 1480. The van der Waals surface area contributed by atoms with E-state index in [4.69, 9.17) is 10.7 Å². The van der Waals surface area contributed by atoms with Crippen molar-refractivity contribution in [2.75, 3.05) is 25.4 Å². The number of nitrogens with zero attached hydrogens (tertiary/aromatic N) is 4. The van der Waals surface area contributed by atoms with Crippen LogP contribution in [0.5, 0.6) is 0 Å². The van der Waals surface area contributed by atoms with Crippen molar-refractivity contribution in [3.8, 4) is 0 Å². The minimum atomic E-state index is -0.637. The Hall–Kier alpha value is -3.42. The lowest BCUT2D eigenvalue weighted by molar-refractivity contribution is -0.0704. The van der Waals surface area contributed by atoms with E-state index in [2.05, 4.69) is 76.5 Å². The number of likely N-dealkylation sites (tertiary alicyclic amines) is 1. The highest BCUT2D eigenvalue weighted by atomic mass is 16.3. The molecule has 0 radical (unpaired) electrons. The van der Waals surface area contributed by atoms with Crippen LogP contribution in [-0.2, 0) is 0 Å². The summed E-state index contributed by atoms with van der Waals surface area (Å²) in [5.74, 6) is 1.62. The number of aliphatic hydroxyl groups is 1. The summed E-state index contributed by atoms with van der Waals surface area (Å²) in [4.78, 5) is 12.0. The molecule has 2 aromatic heterocycles. The molecule has 0 spiro atoms. The summed E-state index contributed by atoms with van der Waals surface area (Å²) in [7, 11) is 0. The monoisotopic (exact) mass is 538 g/mol. The highest BCUT2D eigenvalue weighted by molar-refractivity contribution is 5.88. The zero-order valence-electron chi connectivity index (χ0n) is 24.0. The van der Waals surface area contributed by atoms with E-state index in [1.165, 1.54) is 12.8 Å². The maximum Gasteiger partial charge on any atom is 0.150 e. The average Bonchev–Trinajstić information content (AvgIpc) is 3.55. The summed E-state index contributed by atoms with van der Waals surface area (Å²) in [6, 6.07) is 0.0909. The van der Waals surface area contributed by atoms with Crippen molar-refractivity contribution in [1.82, 2.24) is 24.6 Å². The highest BCUT2D eigenvalue weighted by Crippen LogP contribution is 2.47. The molecule has 0 amide bonds. The van der Waals surface area contributed by atoms with Crippen molar-refractivity contribution in [3.05, 3.63) is 89.9 Å². The van der Waals surface area contributed by atoms with Gasteiger partial charge in [-0.1, -0.05) is 56.0 Å². The van der Waals surface area contributed by atoms with Gasteiger partial charge in [-0.15, -0.1) is 0 Å². The predicted molar refractivity (Wildman–Crippen MR) is 163 cm³/mol. The van der Waals surface area contributed by atoms with Crippen LogP contribution in [0.15, 0.2) is 78.3 Å². The van der Waals surface area contributed by atoms with Crippen molar-refractivity contribution in [2.45, 2.75) is 70.4 Å². The predicted octanol–water partition coefficient (Wildman–Crippen LogP) is 5.30. The Morgan fingerprint density at radius 1 is 1.30 bits per heavy atom. The number of allylic oxidation sites excluding steroid dienone is 7. The number of nitrogen functional groups attached to an aromatic ring is 1. The normalized spacial score (nSPS) is 30.6. The second-order valence-electron chi connectivity index (χ2n) is 12.5. The van der Waals surface area contributed by atoms with Gasteiger partial charge >= 0.3 is 0 Å². The molecule has 7 heteroatoms. The molecular weight excluding hydrogens is 496 g/mol. The Morgan fingerprint density at radius 2 is 2.08 bits per heavy atom. The van der Waals surface area contributed by atoms with Crippen LogP contribution in [0.2, 0.25) is 0 Å². The SMILES string of the molecule is C=C(C)/C(=C\C=C/C)C1=CCC2(C)C=CC(c3nc([C@H]4C[C@](O)(CN5CCCC5)C4)n4ccnc(N)c34)=CC2N1. The summed E-state index contributed by atoms with van der Waals surface area (Å²) >= 11 is 0. The van der Waals surface area contributed by atoms with Crippen LogP contribution in [0.3, 0.4) is 0 Å². The van der Waals surface area contributed by atoms with Crippen LogP contribution in [0, 0.1) is 5.41 Å². The molecule has 2 aliphatic heterocycles. The molecule has 40 heavy (non-hydrogen) atoms. The molecule has 2 unspecified atom stereocenters. The number of rotatable bonds is 7. The Labute approximate surface area is 237 Å². The van der Waals surface area contributed by atoms with Crippen LogP contribution >= 0.6 is 0 Å². The molecule has 1 saturated heterocycles. The number of hydrogen-bond donors (Lipinski definition) is 3. The Kier molecular flexibility index (Phi) is 6.83. The van der Waals surface area contributed by atoms with Gasteiger partial charge in [-0.05, 0) is 70.2 Å². The first-order chi connectivity index (χ1) is 19.2. The first-order valence-corrected chi connectivity index (χ1v) is 14.6. The standard InChI is InChI=1S/C33H42N6O/c1-5-6-9-25(22(2)3)26-11-13-32(4)12-10-23(18-27(32)36-26)28-29-30(34)35-14-17-39(29)31(37-28)24-19-33(40,20-24)21-38-15-7-8-16-38/h5-6,9-12,14,17-18,24,27,36,40H,2,7-8,13,15-16,19-21H2,1,3-4H3,(H2,34,35)/b6-5-,25-9+/t24-,27?,32?,33+. The summed E-state index contributed by atoms with van der Waals surface area (Å²) in [5, 5.41) is 15.0. The maximum absolute atomic E-state index is 11.2. The number of hydrogen-bond acceptors (Lipinski definition) is 6. The van der Waals surface area contributed by atoms with E-state index >= 15 is 0 Å². The highest BCUT2D eigenvalue weighted by Gasteiger charge is 2.46. The Morgan fingerprint density at radius 3 is 2.80 bits per heavy atom. The molecule has 7 nitrogen and oxygen atoms in total. The van der Waals surface area contributed by atoms with Gasteiger partial charge in [0, 0.05) is 41.5 Å². The first-order valence-electron chi connectivity index (χ1n) is 14.6. The van der Waals surface area contributed by atoms with Gasteiger partial charge in [0.25, 0.3) is 0 Å². The fourth-order valence-corrected chi connectivity index (χ4v) is 6.86. The number of imidazole rings is 1. The zero-order chi connectivity index (χ0) is 28.1. The minimum absolute atomic E-state index is 0.0457. The summed E-state index contributed by atoms with van der Waals surface area (Å²) in [6.45, 7) is 13.5. The second-order valence-corrected chi connectivity index (χ2v) is 12.5. The number of β-amino-alcohol motifs (C(OH)–C–C–N with tert-alkyl or cyclic N) is 1. The van der Waals surface area contributed by atoms with Crippen LogP contribution in [-0.4, -0.2) is 55.7 Å². The van der Waals surface area contributed by atoms with Gasteiger partial charge in [-0.2, -0.15) is 0 Å². The van der Waals surface area contributed by atoms with Crippen LogP contribution in [0.25, 0.3) is 11.1 Å². The van der Waals surface area contributed by atoms with Crippen molar-refractivity contribution in [1.29, 1.82) is 0 Å². The fraction of sp³-hybridized carbons (Fsp3) is 0.455. The number of fused-ring (bicyclic) bond motifs is 2. The van der Waals surface area contributed by atoms with E-state index < -0.39 is 5.60 Å². The maximum atomic E-state index is 11.2. The third-order valence-electron chi connectivity index (χ3n) is 9.18. The molecule has 4 aliphatic rings. The third-order valence-corrected chi connectivity index (χ3v) is 9.18. The number of nitrogens with one attached hydrogen (secondary N) is 1. The number of anilines is 1. The molecule has 2 atom stereocenters. The molecule has 0 aromatic carbocycles. The van der Waals surface area contributed by atoms with Crippen molar-refractivity contribution >= 4 is 16.9 Å². The lowest BCUT2D eigenvalue weighted by Crippen LogP contribution is -2.51. The third kappa shape index (κ3) is 4.75. The lowest BCUT2D eigenvalue weighted by Gasteiger charge is -2.45. The van der Waals surface area contributed by atoms with E-state index in [0.717, 1.165) is 78.3 Å². The van der Waals surface area contributed by atoms with E-state index in [1.54, 1.807) is 6.20 Å². The molecule has 4 heterocycles. The molecule has 2 aromatic rings. The minimum Gasteiger partial charge on any atom is -0.389 e. The molecule has 2 fully saturated rings.